The van der Waals surface area contributed by atoms with Crippen LogP contribution in [-0.4, -0.2) is 54.4 Å². The Morgan fingerprint density at radius 2 is 1.22 bits per heavy atom. The Labute approximate surface area is 315 Å². The zero-order valence-electron chi connectivity index (χ0n) is 29.6. The van der Waals surface area contributed by atoms with Crippen LogP contribution in [0.2, 0.25) is 0 Å². The summed E-state index contributed by atoms with van der Waals surface area (Å²) in [4.78, 5) is 60.6. The molecule has 5 aromatic carbocycles. The number of benzene rings is 5. The number of carbonyl (C=O) groups excluding carboxylic acids is 2. The van der Waals surface area contributed by atoms with Gasteiger partial charge in [-0.15, -0.1) is 0 Å². The largest absolute Gasteiger partial charge is 0.490 e. The maximum atomic E-state index is 13.2. The highest BCUT2D eigenvalue weighted by Crippen LogP contribution is 2.35. The Morgan fingerprint density at radius 1 is 0.655 bits per heavy atom. The number of hydrogen-bond donors (Lipinski definition) is 2. The Kier molecular flexibility index (Phi) is 12.7. The topological polar surface area (TPSA) is 173 Å². The van der Waals surface area contributed by atoms with E-state index in [0.717, 1.165) is 6.07 Å². The predicted octanol–water partition coefficient (Wildman–Crippen LogP) is 6.72. The van der Waals surface area contributed by atoms with Crippen LogP contribution in [0, 0.1) is 12.5 Å². The number of carboxylic acids is 2. The van der Waals surface area contributed by atoms with Gasteiger partial charge in [-0.3, -0.25) is 4.79 Å². The molecule has 2 N–H and O–H groups in total. The summed E-state index contributed by atoms with van der Waals surface area (Å²) in [7, 11) is 1.26. The van der Waals surface area contributed by atoms with Crippen LogP contribution in [0.3, 0.4) is 0 Å². The van der Waals surface area contributed by atoms with E-state index >= 15 is 0 Å². The molecule has 13 nitrogen and oxygen atoms in total. The molecule has 1 atom stereocenters. The molecule has 0 aromatic heterocycles. The number of terminal acetylenes is 1. The second-order valence-electron chi connectivity index (χ2n) is 11.8. The predicted molar refractivity (Wildman–Crippen MR) is 195 cm³/mol. The molecule has 5 rings (SSSR count). The van der Waals surface area contributed by atoms with Gasteiger partial charge in [-0.25, -0.2) is 14.4 Å². The van der Waals surface area contributed by atoms with Crippen LogP contribution in [0.1, 0.15) is 54.7 Å². The van der Waals surface area contributed by atoms with Crippen molar-refractivity contribution in [2.45, 2.75) is 18.9 Å². The smallest absolute Gasteiger partial charge is 0.344 e. The zero-order valence-corrected chi connectivity index (χ0v) is 29.6. The zero-order chi connectivity index (χ0) is 39.4. The minimum absolute atomic E-state index is 0.0232. The highest BCUT2D eigenvalue weighted by Gasteiger charge is 2.38. The molecule has 0 aliphatic heterocycles. The van der Waals surface area contributed by atoms with E-state index in [-0.39, 0.29) is 53.8 Å². The second kappa shape index (κ2) is 18.0. The molecule has 0 saturated carbocycles. The van der Waals surface area contributed by atoms with E-state index < -0.39 is 29.3 Å². The molecule has 1 unspecified atom stereocenters. The van der Waals surface area contributed by atoms with Gasteiger partial charge >= 0.3 is 23.9 Å². The number of ether oxygens (including phenoxy) is 5. The average Bonchev–Trinajstić information content (AvgIpc) is 3.20. The molecule has 0 saturated heterocycles. The van der Waals surface area contributed by atoms with E-state index in [2.05, 4.69) is 0 Å². The monoisotopic (exact) mass is 746 g/mol. The molecule has 13 heteroatoms. The molecule has 0 fully saturated rings. The Hall–Kier alpha value is -7.30. The van der Waals surface area contributed by atoms with Crippen molar-refractivity contribution in [1.29, 1.82) is 0 Å². The van der Waals surface area contributed by atoms with Crippen LogP contribution in [-0.2, 0) is 26.4 Å². The molecule has 0 radical (unpaired) electrons. The number of rotatable bonds is 17. The van der Waals surface area contributed by atoms with Gasteiger partial charge in [-0.2, -0.15) is 4.89 Å². The molecule has 0 amide bonds. The molecule has 0 bridgehead atoms. The maximum absolute atomic E-state index is 13.2. The van der Waals surface area contributed by atoms with Gasteiger partial charge in [-0.05, 0) is 90.3 Å². The Balaban J connectivity index is 1.21. The van der Waals surface area contributed by atoms with Gasteiger partial charge in [0.2, 0.25) is 0 Å². The summed E-state index contributed by atoms with van der Waals surface area (Å²) in [6, 6.07) is 30.0. The summed E-state index contributed by atoms with van der Waals surface area (Å²) in [5, 5.41) is 19.4. The van der Waals surface area contributed by atoms with E-state index in [1.54, 1.807) is 55.5 Å². The molecule has 0 aliphatic carbocycles. The molecule has 55 heavy (non-hydrogen) atoms. The van der Waals surface area contributed by atoms with Crippen molar-refractivity contribution < 1.29 is 62.9 Å². The third-order valence-corrected chi connectivity index (χ3v) is 8.33. The fraction of sp³-hybridized carbons (Fsp3) is 0.143. The summed E-state index contributed by atoms with van der Waals surface area (Å²) in [6.45, 7) is 1.94. The molecule has 0 heterocycles. The lowest BCUT2D eigenvalue weighted by atomic mass is 9.76. The van der Waals surface area contributed by atoms with Crippen molar-refractivity contribution in [3.63, 3.8) is 0 Å². The SMILES string of the molecule is C#COc1ccc(C(=O)Oc2ccc(C(C)(C(=O)OC)c3ccc(OOCc4ccc(OCCOc5ccccc5)cc4C(=O)O)cc3)cc2)c(C(=O)O)c1. The van der Waals surface area contributed by atoms with E-state index in [1.807, 2.05) is 36.4 Å². The molecule has 280 valence electrons. The van der Waals surface area contributed by atoms with Crippen molar-refractivity contribution in [1.82, 2.24) is 0 Å². The summed E-state index contributed by atoms with van der Waals surface area (Å²) in [5.74, 6) is -2.59. The van der Waals surface area contributed by atoms with E-state index in [4.69, 9.17) is 39.9 Å². The number of para-hydroxylation sites is 1. The van der Waals surface area contributed by atoms with Crippen LogP contribution in [0.25, 0.3) is 0 Å². The highest BCUT2D eigenvalue weighted by atomic mass is 17.2. The standard InChI is InChI=1S/C42H34O13/c1-4-50-33-20-21-35(37(25-33)39(45)46)40(47)54-31-16-11-28(12-17-31)42(2,41(48)49-3)29-13-18-32(19-14-29)55-53-26-27-10-15-34(24-36(27)38(43)44)52-23-22-51-30-8-6-5-7-9-30/h1,5-21,24-25H,22-23,26H2,2-3H3,(H,43,44)(H,45,46). The maximum Gasteiger partial charge on any atom is 0.344 e. The molecule has 0 spiro atoms. The van der Waals surface area contributed by atoms with Gasteiger partial charge in [0, 0.05) is 0 Å². The minimum atomic E-state index is -1.38. The van der Waals surface area contributed by atoms with E-state index in [0.29, 0.717) is 28.2 Å². The second-order valence-corrected chi connectivity index (χ2v) is 11.8. The molecule has 5 aromatic rings. The first-order chi connectivity index (χ1) is 26.5. The quantitative estimate of drug-likeness (QED) is 0.0257. The van der Waals surface area contributed by atoms with Crippen molar-refractivity contribution in [3.8, 4) is 41.3 Å². The van der Waals surface area contributed by atoms with Gasteiger partial charge < -0.3 is 38.8 Å². The van der Waals surface area contributed by atoms with Crippen LogP contribution < -0.4 is 23.8 Å². The highest BCUT2D eigenvalue weighted by molar-refractivity contribution is 6.03. The van der Waals surface area contributed by atoms with Crippen molar-refractivity contribution >= 4 is 23.9 Å². The molecule has 0 aliphatic rings. The number of methoxy groups -OCH3 is 1. The summed E-state index contributed by atoms with van der Waals surface area (Å²) < 4.78 is 26.7. The van der Waals surface area contributed by atoms with Crippen LogP contribution >= 0.6 is 0 Å². The van der Waals surface area contributed by atoms with E-state index in [9.17, 15) is 29.4 Å². The van der Waals surface area contributed by atoms with Crippen molar-refractivity contribution in [3.05, 3.63) is 149 Å². The number of hydrogen-bond acceptors (Lipinski definition) is 11. The lowest BCUT2D eigenvalue weighted by Crippen LogP contribution is -2.35. The first-order valence-corrected chi connectivity index (χ1v) is 16.5. The summed E-state index contributed by atoms with van der Waals surface area (Å²) in [5.41, 5.74) is -0.578. The molecular formula is C42H34O13. The van der Waals surface area contributed by atoms with E-state index in [1.165, 1.54) is 37.4 Å². The van der Waals surface area contributed by atoms with Gasteiger partial charge in [0.25, 0.3) is 0 Å². The average molecular weight is 747 g/mol. The Morgan fingerprint density at radius 3 is 1.82 bits per heavy atom. The van der Waals surface area contributed by atoms with Crippen LogP contribution in [0.15, 0.2) is 115 Å². The van der Waals surface area contributed by atoms with Crippen molar-refractivity contribution in [2.75, 3.05) is 20.3 Å². The summed E-state index contributed by atoms with van der Waals surface area (Å²) >= 11 is 0. The Bertz CT molecular complexity index is 2190. The molecular weight excluding hydrogens is 712 g/mol. The number of carbonyl (C=O) groups is 4. The fourth-order valence-electron chi connectivity index (χ4n) is 5.45. The first kappa shape index (κ1) is 38.9. The third kappa shape index (κ3) is 9.58. The van der Waals surface area contributed by atoms with Gasteiger partial charge in [0.15, 0.2) is 5.75 Å². The van der Waals surface area contributed by atoms with Crippen molar-refractivity contribution in [2.24, 2.45) is 0 Å². The summed E-state index contributed by atoms with van der Waals surface area (Å²) in [6.07, 6.45) is 7.04. The minimum Gasteiger partial charge on any atom is -0.490 e. The number of esters is 2. The van der Waals surface area contributed by atoms with Crippen LogP contribution in [0.4, 0.5) is 0 Å². The lowest BCUT2D eigenvalue weighted by Gasteiger charge is -2.28. The first-order valence-electron chi connectivity index (χ1n) is 16.5. The fourth-order valence-corrected chi connectivity index (χ4v) is 5.45. The van der Waals surface area contributed by atoms with Crippen LogP contribution in [0.5, 0.6) is 28.7 Å². The number of aromatic carboxylic acids is 2. The van der Waals surface area contributed by atoms with Gasteiger partial charge in [0.1, 0.15) is 54.3 Å². The lowest BCUT2D eigenvalue weighted by molar-refractivity contribution is -0.217. The number of carboxylic acid groups (broad SMARTS) is 2. The third-order valence-electron chi connectivity index (χ3n) is 8.33. The van der Waals surface area contributed by atoms with Gasteiger partial charge in [0.05, 0.1) is 23.8 Å². The van der Waals surface area contributed by atoms with Gasteiger partial charge in [-0.1, -0.05) is 55.0 Å². The normalized spacial score (nSPS) is 11.6.